The molecule has 0 bridgehead atoms. The minimum atomic E-state index is -0.424. The Morgan fingerprint density at radius 1 is 1.53 bits per heavy atom. The number of pyridine rings is 1. The van der Waals surface area contributed by atoms with E-state index in [-0.39, 0.29) is 11.7 Å². The van der Waals surface area contributed by atoms with Crippen molar-refractivity contribution in [1.29, 1.82) is 0 Å². The monoisotopic (exact) mass is 238 g/mol. The van der Waals surface area contributed by atoms with Crippen LogP contribution in [0.4, 0.5) is 17.3 Å². The van der Waals surface area contributed by atoms with Gasteiger partial charge in [0.05, 0.1) is 4.92 Å². The van der Waals surface area contributed by atoms with Crippen molar-refractivity contribution in [3.8, 4) is 0 Å². The quantitative estimate of drug-likeness (QED) is 0.627. The molecule has 0 aliphatic rings. The van der Waals surface area contributed by atoms with Gasteiger partial charge in [-0.3, -0.25) is 10.1 Å². The van der Waals surface area contributed by atoms with Crippen LogP contribution in [0.5, 0.6) is 0 Å². The SMILES string of the molecule is CCCN(c1nc(N)ccc1[N+](=O)[O-])C(C)C. The van der Waals surface area contributed by atoms with Gasteiger partial charge < -0.3 is 10.6 Å². The normalized spacial score (nSPS) is 10.6. The lowest BCUT2D eigenvalue weighted by atomic mass is 10.2. The average molecular weight is 238 g/mol. The predicted octanol–water partition coefficient (Wildman–Crippen LogP) is 2.20. The van der Waals surface area contributed by atoms with Gasteiger partial charge in [-0.05, 0) is 26.3 Å². The zero-order valence-corrected chi connectivity index (χ0v) is 10.4. The van der Waals surface area contributed by atoms with Crippen molar-refractivity contribution in [2.24, 2.45) is 0 Å². The minimum Gasteiger partial charge on any atom is -0.384 e. The molecule has 0 aromatic carbocycles. The van der Waals surface area contributed by atoms with Gasteiger partial charge in [0.2, 0.25) is 5.82 Å². The second-order valence-electron chi connectivity index (χ2n) is 4.12. The number of nitro groups is 1. The summed E-state index contributed by atoms with van der Waals surface area (Å²) in [5.74, 6) is 0.652. The Hall–Kier alpha value is -1.85. The standard InChI is InChI=1S/C11H18N4O2/c1-4-7-14(8(2)3)11-9(15(16)17)5-6-10(12)13-11/h5-6,8H,4,7H2,1-3H3,(H2,12,13). The molecule has 0 amide bonds. The summed E-state index contributed by atoms with van der Waals surface area (Å²) in [5.41, 5.74) is 5.60. The van der Waals surface area contributed by atoms with E-state index in [0.717, 1.165) is 13.0 Å². The van der Waals surface area contributed by atoms with E-state index in [1.54, 1.807) is 0 Å². The summed E-state index contributed by atoms with van der Waals surface area (Å²) in [7, 11) is 0. The van der Waals surface area contributed by atoms with Gasteiger partial charge in [-0.1, -0.05) is 6.92 Å². The molecule has 0 radical (unpaired) electrons. The third-order valence-electron chi connectivity index (χ3n) is 2.43. The maximum Gasteiger partial charge on any atom is 0.311 e. The van der Waals surface area contributed by atoms with Gasteiger partial charge in [-0.2, -0.15) is 0 Å². The summed E-state index contributed by atoms with van der Waals surface area (Å²) in [6.07, 6.45) is 0.895. The molecule has 0 saturated heterocycles. The highest BCUT2D eigenvalue weighted by atomic mass is 16.6. The van der Waals surface area contributed by atoms with Crippen LogP contribution in [0.1, 0.15) is 27.2 Å². The zero-order chi connectivity index (χ0) is 13.0. The van der Waals surface area contributed by atoms with Crippen molar-refractivity contribution in [2.45, 2.75) is 33.2 Å². The largest absolute Gasteiger partial charge is 0.384 e. The first-order valence-corrected chi connectivity index (χ1v) is 5.65. The first-order chi connectivity index (χ1) is 7.97. The number of hydrogen-bond donors (Lipinski definition) is 1. The van der Waals surface area contributed by atoms with Crippen LogP contribution in [0.15, 0.2) is 12.1 Å². The van der Waals surface area contributed by atoms with Crippen molar-refractivity contribution >= 4 is 17.3 Å². The number of hydrogen-bond acceptors (Lipinski definition) is 5. The van der Waals surface area contributed by atoms with Gasteiger partial charge in [0, 0.05) is 18.7 Å². The summed E-state index contributed by atoms with van der Waals surface area (Å²) < 4.78 is 0. The van der Waals surface area contributed by atoms with Crippen molar-refractivity contribution in [3.63, 3.8) is 0 Å². The molecule has 6 nitrogen and oxygen atoms in total. The van der Waals surface area contributed by atoms with E-state index in [0.29, 0.717) is 11.6 Å². The van der Waals surface area contributed by atoms with Gasteiger partial charge in [-0.25, -0.2) is 4.98 Å². The van der Waals surface area contributed by atoms with Crippen LogP contribution in [0, 0.1) is 10.1 Å². The third kappa shape index (κ3) is 3.05. The molecule has 0 aliphatic carbocycles. The molecule has 1 aromatic rings. The summed E-state index contributed by atoms with van der Waals surface area (Å²) >= 11 is 0. The number of aromatic nitrogens is 1. The van der Waals surface area contributed by atoms with Gasteiger partial charge in [0.1, 0.15) is 5.82 Å². The molecule has 94 valence electrons. The number of nitrogens with two attached hydrogens (primary N) is 1. The highest BCUT2D eigenvalue weighted by molar-refractivity contribution is 5.61. The summed E-state index contributed by atoms with van der Waals surface area (Å²) in [4.78, 5) is 16.5. The van der Waals surface area contributed by atoms with E-state index in [9.17, 15) is 10.1 Å². The molecule has 0 atom stereocenters. The van der Waals surface area contributed by atoms with Crippen molar-refractivity contribution in [3.05, 3.63) is 22.2 Å². The number of nitrogens with zero attached hydrogens (tertiary/aromatic N) is 3. The van der Waals surface area contributed by atoms with E-state index in [1.807, 2.05) is 25.7 Å². The molecule has 1 rings (SSSR count). The maximum atomic E-state index is 11.0. The molecule has 0 unspecified atom stereocenters. The molecule has 0 aliphatic heterocycles. The molecule has 0 saturated carbocycles. The zero-order valence-electron chi connectivity index (χ0n) is 10.4. The van der Waals surface area contributed by atoms with Crippen LogP contribution in [0.2, 0.25) is 0 Å². The average Bonchev–Trinajstić information content (AvgIpc) is 2.24. The molecule has 1 aromatic heterocycles. The fourth-order valence-electron chi connectivity index (χ4n) is 1.66. The molecule has 0 spiro atoms. The van der Waals surface area contributed by atoms with E-state index < -0.39 is 4.92 Å². The topological polar surface area (TPSA) is 85.3 Å². The summed E-state index contributed by atoms with van der Waals surface area (Å²) in [6.45, 7) is 6.69. The Balaban J connectivity index is 3.24. The molecular weight excluding hydrogens is 220 g/mol. The first-order valence-electron chi connectivity index (χ1n) is 5.65. The number of rotatable bonds is 5. The van der Waals surface area contributed by atoms with Crippen molar-refractivity contribution in [1.82, 2.24) is 4.98 Å². The summed E-state index contributed by atoms with van der Waals surface area (Å²) in [6, 6.07) is 3.00. The minimum absolute atomic E-state index is 0.00125. The van der Waals surface area contributed by atoms with Crippen LogP contribution in [0.3, 0.4) is 0 Å². The van der Waals surface area contributed by atoms with Gasteiger partial charge in [0.15, 0.2) is 0 Å². The van der Waals surface area contributed by atoms with E-state index in [2.05, 4.69) is 4.98 Å². The number of anilines is 2. The Bertz CT molecular complexity index is 406. The lowest BCUT2D eigenvalue weighted by Gasteiger charge is -2.27. The number of nitrogen functional groups attached to an aromatic ring is 1. The van der Waals surface area contributed by atoms with Crippen molar-refractivity contribution in [2.75, 3.05) is 17.2 Å². The van der Waals surface area contributed by atoms with Crippen LogP contribution in [-0.2, 0) is 0 Å². The third-order valence-corrected chi connectivity index (χ3v) is 2.43. The van der Waals surface area contributed by atoms with E-state index >= 15 is 0 Å². The second-order valence-corrected chi connectivity index (χ2v) is 4.12. The molecule has 17 heavy (non-hydrogen) atoms. The smallest absolute Gasteiger partial charge is 0.311 e. The van der Waals surface area contributed by atoms with Gasteiger partial charge in [0.25, 0.3) is 0 Å². The van der Waals surface area contributed by atoms with Crippen LogP contribution in [-0.4, -0.2) is 22.5 Å². The van der Waals surface area contributed by atoms with E-state index in [1.165, 1.54) is 12.1 Å². The molecule has 2 N–H and O–H groups in total. The van der Waals surface area contributed by atoms with E-state index in [4.69, 9.17) is 5.73 Å². The van der Waals surface area contributed by atoms with Crippen molar-refractivity contribution < 1.29 is 4.92 Å². The Labute approximate surface area is 101 Å². The van der Waals surface area contributed by atoms with Gasteiger partial charge in [-0.15, -0.1) is 0 Å². The molecule has 1 heterocycles. The predicted molar refractivity (Wildman–Crippen MR) is 68.1 cm³/mol. The van der Waals surface area contributed by atoms with Crippen LogP contribution < -0.4 is 10.6 Å². The molecule has 0 fully saturated rings. The molecule has 6 heteroatoms. The van der Waals surface area contributed by atoms with Gasteiger partial charge >= 0.3 is 5.69 Å². The van der Waals surface area contributed by atoms with Crippen LogP contribution >= 0.6 is 0 Å². The fourth-order valence-corrected chi connectivity index (χ4v) is 1.66. The Morgan fingerprint density at radius 3 is 2.65 bits per heavy atom. The summed E-state index contributed by atoms with van der Waals surface area (Å²) in [5, 5.41) is 11.0. The fraction of sp³-hybridized carbons (Fsp3) is 0.545. The molecular formula is C11H18N4O2. The Kier molecular flexibility index (Phi) is 4.25. The highest BCUT2D eigenvalue weighted by Crippen LogP contribution is 2.28. The Morgan fingerprint density at radius 2 is 2.18 bits per heavy atom. The second kappa shape index (κ2) is 5.47. The highest BCUT2D eigenvalue weighted by Gasteiger charge is 2.22. The lowest BCUT2D eigenvalue weighted by Crippen LogP contribution is -2.33. The van der Waals surface area contributed by atoms with Crippen LogP contribution in [0.25, 0.3) is 0 Å². The first kappa shape index (κ1) is 13.2. The maximum absolute atomic E-state index is 11.0. The lowest BCUT2D eigenvalue weighted by molar-refractivity contribution is -0.384.